The summed E-state index contributed by atoms with van der Waals surface area (Å²) < 4.78 is 0.847. The molecule has 0 N–H and O–H groups in total. The summed E-state index contributed by atoms with van der Waals surface area (Å²) in [4.78, 5) is 11.4. The van der Waals surface area contributed by atoms with E-state index in [0.717, 1.165) is 22.0 Å². The Morgan fingerprint density at radius 2 is 2.50 bits per heavy atom. The highest BCUT2D eigenvalue weighted by Gasteiger charge is 2.20. The Hall–Kier alpha value is -0.120. The van der Waals surface area contributed by atoms with Gasteiger partial charge in [-0.15, -0.1) is 0 Å². The van der Waals surface area contributed by atoms with Crippen LogP contribution in [0.3, 0.4) is 0 Å². The van der Waals surface area contributed by atoms with Crippen molar-refractivity contribution in [3.05, 3.63) is 23.8 Å². The summed E-state index contributed by atoms with van der Waals surface area (Å²) in [6.07, 6.45) is 3.74. The van der Waals surface area contributed by atoms with Crippen molar-refractivity contribution in [3.8, 4) is 0 Å². The average molecular weight is 276 g/mol. The predicted molar refractivity (Wildman–Crippen MR) is 59.5 cm³/mol. The fourth-order valence-corrected chi connectivity index (χ4v) is 2.08. The van der Waals surface area contributed by atoms with Crippen LogP contribution in [0, 0.1) is 5.92 Å². The largest absolute Gasteiger partial charge is 0.295 e. The lowest BCUT2D eigenvalue weighted by Crippen LogP contribution is -2.16. The summed E-state index contributed by atoms with van der Waals surface area (Å²) in [5, 5.41) is 0. The van der Waals surface area contributed by atoms with Gasteiger partial charge in [0.15, 0.2) is 5.78 Å². The smallest absolute Gasteiger partial charge is 0.159 e. The van der Waals surface area contributed by atoms with Crippen LogP contribution in [0.2, 0.25) is 0 Å². The molecule has 0 aromatic rings. The van der Waals surface area contributed by atoms with Crippen LogP contribution in [0.1, 0.15) is 19.8 Å². The first-order valence-electron chi connectivity index (χ1n) is 4.08. The van der Waals surface area contributed by atoms with Crippen LogP contribution in [-0.2, 0) is 4.79 Å². The second kappa shape index (κ2) is 4.21. The molecule has 0 fully saturated rings. The van der Waals surface area contributed by atoms with E-state index in [1.165, 1.54) is 0 Å². The van der Waals surface area contributed by atoms with E-state index in [2.05, 4.69) is 35.2 Å². The van der Waals surface area contributed by atoms with E-state index in [9.17, 15) is 4.79 Å². The second-order valence-corrected chi connectivity index (χ2v) is 4.03. The second-order valence-electron chi connectivity index (χ2n) is 3.27. The quantitative estimate of drug-likeness (QED) is 0.430. The third kappa shape index (κ3) is 2.19. The highest BCUT2D eigenvalue weighted by atomic mass is 127. The van der Waals surface area contributed by atoms with Gasteiger partial charge in [0.05, 0.1) is 0 Å². The number of Topliss-reactive ketones (excluding diaryl/α,β-unsaturated/α-hetero) is 1. The van der Waals surface area contributed by atoms with Gasteiger partial charge in [-0.1, -0.05) is 40.8 Å². The normalized spacial score (nSPS) is 23.7. The van der Waals surface area contributed by atoms with Gasteiger partial charge in [0.25, 0.3) is 0 Å². The molecule has 1 unspecified atom stereocenters. The van der Waals surface area contributed by atoms with Gasteiger partial charge in [-0.3, -0.25) is 4.79 Å². The zero-order chi connectivity index (χ0) is 9.14. The number of hydrogen-bond donors (Lipinski definition) is 0. The highest BCUT2D eigenvalue weighted by molar-refractivity contribution is 14.1. The zero-order valence-corrected chi connectivity index (χ0v) is 9.43. The summed E-state index contributed by atoms with van der Waals surface area (Å²) >= 11 is 2.23. The molecule has 1 atom stereocenters. The van der Waals surface area contributed by atoms with Crippen LogP contribution < -0.4 is 0 Å². The average Bonchev–Trinajstić information content (AvgIpc) is 2.04. The van der Waals surface area contributed by atoms with E-state index < -0.39 is 0 Å². The summed E-state index contributed by atoms with van der Waals surface area (Å²) in [5.41, 5.74) is 2.13. The molecule has 0 amide bonds. The van der Waals surface area contributed by atoms with Crippen molar-refractivity contribution in [3.63, 3.8) is 0 Å². The lowest BCUT2D eigenvalue weighted by atomic mass is 9.85. The van der Waals surface area contributed by atoms with E-state index >= 15 is 0 Å². The predicted octanol–water partition coefficient (Wildman–Crippen LogP) is 2.90. The van der Waals surface area contributed by atoms with Crippen LogP contribution in [0.5, 0.6) is 0 Å². The van der Waals surface area contributed by atoms with Gasteiger partial charge in [0.1, 0.15) is 0 Å². The van der Waals surface area contributed by atoms with Crippen molar-refractivity contribution in [1.82, 2.24) is 0 Å². The molecule has 66 valence electrons. The van der Waals surface area contributed by atoms with Crippen LogP contribution >= 0.6 is 22.6 Å². The molecule has 0 heterocycles. The summed E-state index contributed by atoms with van der Waals surface area (Å²) in [6.45, 7) is 5.88. The monoisotopic (exact) mass is 276 g/mol. The van der Waals surface area contributed by atoms with Gasteiger partial charge in [-0.05, 0) is 19.3 Å². The molecule has 0 aliphatic heterocycles. The third-order valence-corrected chi connectivity index (χ3v) is 3.10. The molecule has 1 aliphatic carbocycles. The van der Waals surface area contributed by atoms with Gasteiger partial charge in [0.2, 0.25) is 0 Å². The van der Waals surface area contributed by atoms with E-state index in [0.29, 0.717) is 18.1 Å². The first-order chi connectivity index (χ1) is 5.65. The Labute approximate surface area is 87.1 Å². The van der Waals surface area contributed by atoms with Crippen LogP contribution in [0.25, 0.3) is 0 Å². The maximum Gasteiger partial charge on any atom is 0.159 e. The molecule has 0 aromatic heterocycles. The number of rotatable bonds is 2. The fraction of sp³-hybridized carbons (Fsp3) is 0.500. The number of ketones is 1. The number of halogens is 1. The SMILES string of the molecule is C=C(C)C1CC=C(CI)C(=O)C1. The first kappa shape index (κ1) is 9.96. The molecule has 12 heavy (non-hydrogen) atoms. The van der Waals surface area contributed by atoms with Crippen molar-refractivity contribution < 1.29 is 4.79 Å². The molecule has 0 bridgehead atoms. The minimum Gasteiger partial charge on any atom is -0.295 e. The Kier molecular flexibility index (Phi) is 3.50. The topological polar surface area (TPSA) is 17.1 Å². The number of allylic oxidation sites excluding steroid dienone is 3. The fourth-order valence-electron chi connectivity index (χ4n) is 1.34. The third-order valence-electron chi connectivity index (χ3n) is 2.28. The minimum absolute atomic E-state index is 0.309. The molecule has 0 saturated heterocycles. The number of carbonyl (C=O) groups excluding carboxylic acids is 1. The summed E-state index contributed by atoms with van der Waals surface area (Å²) in [6, 6.07) is 0. The van der Waals surface area contributed by atoms with E-state index in [1.807, 2.05) is 6.92 Å². The van der Waals surface area contributed by atoms with Crippen LogP contribution in [-0.4, -0.2) is 10.2 Å². The van der Waals surface area contributed by atoms with Crippen molar-refractivity contribution in [1.29, 1.82) is 0 Å². The van der Waals surface area contributed by atoms with Gasteiger partial charge < -0.3 is 0 Å². The Bertz CT molecular complexity index is 240. The van der Waals surface area contributed by atoms with Crippen molar-refractivity contribution >= 4 is 28.4 Å². The maximum atomic E-state index is 11.4. The van der Waals surface area contributed by atoms with Crippen LogP contribution in [0.4, 0.5) is 0 Å². The molecular weight excluding hydrogens is 263 g/mol. The molecule has 0 saturated carbocycles. The molecule has 1 rings (SSSR count). The van der Waals surface area contributed by atoms with E-state index in [4.69, 9.17) is 0 Å². The number of hydrogen-bond acceptors (Lipinski definition) is 1. The number of carbonyl (C=O) groups is 1. The van der Waals surface area contributed by atoms with Crippen molar-refractivity contribution in [2.24, 2.45) is 5.92 Å². The van der Waals surface area contributed by atoms with Crippen molar-refractivity contribution in [2.75, 3.05) is 4.43 Å². The summed E-state index contributed by atoms with van der Waals surface area (Å²) in [7, 11) is 0. The molecule has 1 nitrogen and oxygen atoms in total. The first-order valence-corrected chi connectivity index (χ1v) is 5.61. The molecule has 2 heteroatoms. The maximum absolute atomic E-state index is 11.4. The molecule has 1 aliphatic rings. The lowest BCUT2D eigenvalue weighted by Gasteiger charge is -2.19. The number of alkyl halides is 1. The van der Waals surface area contributed by atoms with Crippen LogP contribution in [0.15, 0.2) is 23.8 Å². The molecule has 0 radical (unpaired) electrons. The zero-order valence-electron chi connectivity index (χ0n) is 7.27. The molecular formula is C10H13IO. The summed E-state index contributed by atoms with van der Waals surface area (Å²) in [5.74, 6) is 0.702. The molecule has 0 aromatic carbocycles. The Morgan fingerprint density at radius 1 is 1.83 bits per heavy atom. The van der Waals surface area contributed by atoms with Gasteiger partial charge >= 0.3 is 0 Å². The van der Waals surface area contributed by atoms with Gasteiger partial charge in [-0.2, -0.15) is 0 Å². The minimum atomic E-state index is 0.309. The van der Waals surface area contributed by atoms with Crippen molar-refractivity contribution in [2.45, 2.75) is 19.8 Å². The molecule has 0 spiro atoms. The van der Waals surface area contributed by atoms with E-state index in [1.54, 1.807) is 0 Å². The van der Waals surface area contributed by atoms with Gasteiger partial charge in [-0.25, -0.2) is 0 Å². The standard InChI is InChI=1S/C10H13IO/c1-7(2)8-3-4-9(6-11)10(12)5-8/h4,8H,1,3,5-6H2,2H3. The Morgan fingerprint density at radius 3 is 2.92 bits per heavy atom. The van der Waals surface area contributed by atoms with E-state index in [-0.39, 0.29) is 0 Å². The lowest BCUT2D eigenvalue weighted by molar-refractivity contribution is -0.116. The Balaban J connectivity index is 2.69. The highest BCUT2D eigenvalue weighted by Crippen LogP contribution is 2.26. The van der Waals surface area contributed by atoms with Gasteiger partial charge in [0, 0.05) is 16.4 Å².